The Morgan fingerprint density at radius 1 is 1.39 bits per heavy atom. The van der Waals surface area contributed by atoms with Gasteiger partial charge in [0.05, 0.1) is 12.2 Å². The van der Waals surface area contributed by atoms with Crippen LogP contribution in [0.25, 0.3) is 0 Å². The highest BCUT2D eigenvalue weighted by Crippen LogP contribution is 2.18. The minimum absolute atomic E-state index is 0.0294. The molecule has 1 fully saturated rings. The van der Waals surface area contributed by atoms with Gasteiger partial charge in [-0.25, -0.2) is 4.98 Å². The summed E-state index contributed by atoms with van der Waals surface area (Å²) in [7, 11) is 3.89. The van der Waals surface area contributed by atoms with Gasteiger partial charge in [0.25, 0.3) is 11.5 Å². The lowest BCUT2D eigenvalue weighted by Gasteiger charge is -2.23. The van der Waals surface area contributed by atoms with Gasteiger partial charge in [-0.2, -0.15) is 0 Å². The molecule has 23 heavy (non-hydrogen) atoms. The van der Waals surface area contributed by atoms with Gasteiger partial charge < -0.3 is 14.5 Å². The van der Waals surface area contributed by atoms with Gasteiger partial charge in [-0.05, 0) is 33.4 Å². The molecule has 0 bridgehead atoms. The van der Waals surface area contributed by atoms with Crippen LogP contribution >= 0.6 is 0 Å². The number of nitrogens with zero attached hydrogens (tertiary/aromatic N) is 4. The van der Waals surface area contributed by atoms with E-state index in [-0.39, 0.29) is 17.6 Å². The molecule has 3 heterocycles. The van der Waals surface area contributed by atoms with E-state index in [1.54, 1.807) is 15.5 Å². The highest BCUT2D eigenvalue weighted by molar-refractivity contribution is 5.81. The van der Waals surface area contributed by atoms with Crippen molar-refractivity contribution < 1.29 is 9.53 Å². The number of ether oxygens (including phenoxy) is 1. The van der Waals surface area contributed by atoms with E-state index in [1.807, 2.05) is 19.0 Å². The van der Waals surface area contributed by atoms with Gasteiger partial charge in [-0.15, -0.1) is 0 Å². The molecule has 0 radical (unpaired) electrons. The maximum absolute atomic E-state index is 12.6. The van der Waals surface area contributed by atoms with E-state index in [1.165, 1.54) is 0 Å². The molecule has 0 N–H and O–H groups in total. The summed E-state index contributed by atoms with van der Waals surface area (Å²) in [4.78, 5) is 33.3. The summed E-state index contributed by atoms with van der Waals surface area (Å²) in [6, 6.07) is 1.60. The first kappa shape index (κ1) is 16.1. The molecule has 0 unspecified atom stereocenters. The minimum atomic E-state index is -0.321. The van der Waals surface area contributed by atoms with Gasteiger partial charge in [0.1, 0.15) is 11.9 Å². The molecule has 1 saturated heterocycles. The first-order chi connectivity index (χ1) is 11.0. The normalized spacial score (nSPS) is 21.3. The van der Waals surface area contributed by atoms with Crippen LogP contribution in [0.15, 0.2) is 10.9 Å². The Kier molecular flexibility index (Phi) is 4.77. The third-order valence-electron chi connectivity index (χ3n) is 4.28. The second-order valence-corrected chi connectivity index (χ2v) is 6.51. The molecule has 7 nitrogen and oxygen atoms in total. The molecule has 0 aliphatic carbocycles. The maximum Gasteiger partial charge on any atom is 0.253 e. The molecular formula is C16H24N4O3. The second kappa shape index (κ2) is 6.80. The zero-order chi connectivity index (χ0) is 16.4. The lowest BCUT2D eigenvalue weighted by Crippen LogP contribution is -2.39. The molecule has 0 spiro atoms. The molecule has 1 aromatic heterocycles. The van der Waals surface area contributed by atoms with E-state index < -0.39 is 0 Å². The Morgan fingerprint density at radius 3 is 2.91 bits per heavy atom. The third-order valence-corrected chi connectivity index (χ3v) is 4.28. The van der Waals surface area contributed by atoms with E-state index in [2.05, 4.69) is 4.98 Å². The van der Waals surface area contributed by atoms with E-state index in [4.69, 9.17) is 4.74 Å². The summed E-state index contributed by atoms with van der Waals surface area (Å²) >= 11 is 0. The number of fused-ring (bicyclic) bond motifs is 1. The summed E-state index contributed by atoms with van der Waals surface area (Å²) in [5.41, 5.74) is 0.718. The van der Waals surface area contributed by atoms with Crippen molar-refractivity contribution in [2.75, 3.05) is 27.2 Å². The predicted molar refractivity (Wildman–Crippen MR) is 84.9 cm³/mol. The van der Waals surface area contributed by atoms with Crippen molar-refractivity contribution in [1.82, 2.24) is 19.4 Å². The molecule has 126 valence electrons. The SMILES string of the molecule is CN(C)Cc1cc(=O)n2c(n1)CN(C(=O)[C@H]1CCCO1)CCC2. The Morgan fingerprint density at radius 2 is 2.22 bits per heavy atom. The monoisotopic (exact) mass is 320 g/mol. The van der Waals surface area contributed by atoms with Crippen molar-refractivity contribution in [1.29, 1.82) is 0 Å². The lowest BCUT2D eigenvalue weighted by atomic mass is 10.2. The van der Waals surface area contributed by atoms with Crippen molar-refractivity contribution in [3.05, 3.63) is 27.9 Å². The number of rotatable bonds is 3. The first-order valence-corrected chi connectivity index (χ1v) is 8.19. The predicted octanol–water partition coefficient (Wildman–Crippen LogP) is 0.216. The van der Waals surface area contributed by atoms with Gasteiger partial charge in [0.15, 0.2) is 0 Å². The molecule has 0 aromatic carbocycles. The molecule has 2 aliphatic heterocycles. The zero-order valence-electron chi connectivity index (χ0n) is 13.8. The number of hydrogen-bond donors (Lipinski definition) is 0. The Hall–Kier alpha value is -1.73. The van der Waals surface area contributed by atoms with Crippen LogP contribution in [-0.2, 0) is 29.2 Å². The molecular weight excluding hydrogens is 296 g/mol. The zero-order valence-corrected chi connectivity index (χ0v) is 13.8. The van der Waals surface area contributed by atoms with E-state index in [0.717, 1.165) is 25.0 Å². The van der Waals surface area contributed by atoms with Crippen LogP contribution in [0.5, 0.6) is 0 Å². The van der Waals surface area contributed by atoms with Crippen LogP contribution < -0.4 is 5.56 Å². The average molecular weight is 320 g/mol. The molecule has 3 rings (SSSR count). The van der Waals surface area contributed by atoms with Gasteiger partial charge in [0, 0.05) is 32.3 Å². The molecule has 7 heteroatoms. The van der Waals surface area contributed by atoms with Gasteiger partial charge in [-0.3, -0.25) is 14.2 Å². The van der Waals surface area contributed by atoms with Crippen LogP contribution in [0.1, 0.15) is 30.8 Å². The number of hydrogen-bond acceptors (Lipinski definition) is 5. The van der Waals surface area contributed by atoms with E-state index in [9.17, 15) is 9.59 Å². The topological polar surface area (TPSA) is 67.7 Å². The third kappa shape index (κ3) is 3.61. The largest absolute Gasteiger partial charge is 0.368 e. The number of carbonyl (C=O) groups is 1. The van der Waals surface area contributed by atoms with Crippen molar-refractivity contribution in [2.45, 2.75) is 45.0 Å². The van der Waals surface area contributed by atoms with E-state index >= 15 is 0 Å². The van der Waals surface area contributed by atoms with Crippen molar-refractivity contribution in [3.63, 3.8) is 0 Å². The quantitative estimate of drug-likeness (QED) is 0.797. The number of aromatic nitrogens is 2. The molecule has 1 atom stereocenters. The highest BCUT2D eigenvalue weighted by Gasteiger charge is 2.30. The summed E-state index contributed by atoms with van der Waals surface area (Å²) in [5, 5.41) is 0. The standard InChI is InChI=1S/C16H24N4O3/c1-18(2)10-12-9-15(21)20-7-4-6-19(11-14(20)17-12)16(22)13-5-3-8-23-13/h9,13H,3-8,10-11H2,1-2H3/t13-/m1/s1. The van der Waals surface area contributed by atoms with Gasteiger partial charge >= 0.3 is 0 Å². The van der Waals surface area contributed by atoms with Crippen molar-refractivity contribution in [2.24, 2.45) is 0 Å². The van der Waals surface area contributed by atoms with Gasteiger partial charge in [0.2, 0.25) is 0 Å². The number of carbonyl (C=O) groups excluding carboxylic acids is 1. The lowest BCUT2D eigenvalue weighted by molar-refractivity contribution is -0.141. The minimum Gasteiger partial charge on any atom is -0.368 e. The number of amides is 1. The Balaban J connectivity index is 1.84. The fourth-order valence-electron chi connectivity index (χ4n) is 3.20. The van der Waals surface area contributed by atoms with Gasteiger partial charge in [-0.1, -0.05) is 0 Å². The summed E-state index contributed by atoms with van der Waals surface area (Å²) in [5.74, 6) is 0.710. The molecule has 2 aliphatic rings. The molecule has 0 saturated carbocycles. The van der Waals surface area contributed by atoms with Crippen LogP contribution in [0.3, 0.4) is 0 Å². The summed E-state index contributed by atoms with van der Waals surface area (Å²) in [6.07, 6.45) is 2.17. The fourth-order valence-corrected chi connectivity index (χ4v) is 3.20. The highest BCUT2D eigenvalue weighted by atomic mass is 16.5. The van der Waals surface area contributed by atoms with Crippen LogP contribution in [0.4, 0.5) is 0 Å². The fraction of sp³-hybridized carbons (Fsp3) is 0.688. The van der Waals surface area contributed by atoms with Crippen molar-refractivity contribution >= 4 is 5.91 Å². The molecule has 1 aromatic rings. The van der Waals surface area contributed by atoms with E-state index in [0.29, 0.717) is 38.6 Å². The summed E-state index contributed by atoms with van der Waals surface area (Å²) < 4.78 is 7.21. The second-order valence-electron chi connectivity index (χ2n) is 6.51. The van der Waals surface area contributed by atoms with Crippen molar-refractivity contribution in [3.8, 4) is 0 Å². The Bertz CT molecular complexity index is 635. The van der Waals surface area contributed by atoms with Crippen LogP contribution in [-0.4, -0.2) is 58.6 Å². The Labute approximate surface area is 135 Å². The van der Waals surface area contributed by atoms with Crippen LogP contribution in [0, 0.1) is 0 Å². The smallest absolute Gasteiger partial charge is 0.253 e. The molecule has 1 amide bonds. The van der Waals surface area contributed by atoms with Crippen LogP contribution in [0.2, 0.25) is 0 Å². The summed E-state index contributed by atoms with van der Waals surface area (Å²) in [6.45, 7) is 2.91. The maximum atomic E-state index is 12.6. The average Bonchev–Trinajstić information content (AvgIpc) is 2.93. The first-order valence-electron chi connectivity index (χ1n) is 8.19.